The second kappa shape index (κ2) is 8.94. The van der Waals surface area contributed by atoms with Crippen molar-refractivity contribution in [1.82, 2.24) is 10.2 Å². The predicted octanol–water partition coefficient (Wildman–Crippen LogP) is 2.72. The second-order valence-electron chi connectivity index (χ2n) is 6.01. The smallest absolute Gasteiger partial charge is 0.296 e. The van der Waals surface area contributed by atoms with Crippen molar-refractivity contribution >= 4 is 11.8 Å². The van der Waals surface area contributed by atoms with Crippen molar-refractivity contribution in [2.24, 2.45) is 5.92 Å². The summed E-state index contributed by atoms with van der Waals surface area (Å²) in [5, 5.41) is 14.6. The van der Waals surface area contributed by atoms with Crippen LogP contribution in [0, 0.1) is 23.0 Å². The third kappa shape index (κ3) is 5.14. The van der Waals surface area contributed by atoms with Crippen LogP contribution in [0.5, 0.6) is 0 Å². The number of aryl methyl sites for hydroxylation is 1. The van der Waals surface area contributed by atoms with E-state index in [9.17, 15) is 10.1 Å². The van der Waals surface area contributed by atoms with Crippen molar-refractivity contribution in [2.75, 3.05) is 39.6 Å². The molecule has 1 unspecified atom stereocenters. The molecule has 132 valence electrons. The summed E-state index contributed by atoms with van der Waals surface area (Å²) in [6, 6.07) is 8.03. The van der Waals surface area contributed by atoms with Gasteiger partial charge in [-0.2, -0.15) is 0 Å². The lowest BCUT2D eigenvalue weighted by Gasteiger charge is -2.24. The highest BCUT2D eigenvalue weighted by Gasteiger charge is 2.24. The fourth-order valence-electron chi connectivity index (χ4n) is 2.76. The van der Waals surface area contributed by atoms with Crippen LogP contribution in [0.25, 0.3) is 0 Å². The van der Waals surface area contributed by atoms with Crippen molar-refractivity contribution in [3.8, 4) is 0 Å². The molecule has 0 radical (unpaired) electrons. The highest BCUT2D eigenvalue weighted by atomic mass is 32.2. The van der Waals surface area contributed by atoms with Gasteiger partial charge in [-0.15, -0.1) is 11.8 Å². The molecule has 0 aliphatic carbocycles. The highest BCUT2D eigenvalue weighted by Crippen LogP contribution is 2.23. The number of nitro groups is 1. The number of ether oxygens (including phenoxy) is 1. The first-order valence-electron chi connectivity index (χ1n) is 8.05. The molecule has 2 rings (SSSR count). The Morgan fingerprint density at radius 2 is 2.17 bits per heavy atom. The maximum atomic E-state index is 11.6. The van der Waals surface area contributed by atoms with Crippen LogP contribution in [0.2, 0.25) is 0 Å². The van der Waals surface area contributed by atoms with Crippen LogP contribution in [0.1, 0.15) is 12.0 Å². The van der Waals surface area contributed by atoms with Crippen molar-refractivity contribution in [2.45, 2.75) is 18.2 Å². The van der Waals surface area contributed by atoms with E-state index >= 15 is 0 Å². The van der Waals surface area contributed by atoms with Crippen LogP contribution in [-0.4, -0.2) is 49.4 Å². The molecule has 1 atom stereocenters. The summed E-state index contributed by atoms with van der Waals surface area (Å²) in [6.07, 6.45) is 1.01. The van der Waals surface area contributed by atoms with Crippen molar-refractivity contribution in [3.05, 3.63) is 51.5 Å². The summed E-state index contributed by atoms with van der Waals surface area (Å²) in [7, 11) is 3.63. The molecule has 1 aromatic rings. The highest BCUT2D eigenvalue weighted by molar-refractivity contribution is 7.99. The number of hydrogen-bond acceptors (Lipinski definition) is 6. The molecule has 1 heterocycles. The SMILES string of the molecule is CNC(=C(CSc1ccc(C)cc1)[N+](=O)[O-])N(C)CC1CCOC1. The van der Waals surface area contributed by atoms with Crippen LogP contribution >= 0.6 is 11.8 Å². The van der Waals surface area contributed by atoms with Gasteiger partial charge in [0.05, 0.1) is 17.3 Å². The Balaban J connectivity index is 2.09. The first-order valence-corrected chi connectivity index (χ1v) is 9.03. The molecule has 0 amide bonds. The van der Waals surface area contributed by atoms with E-state index in [0.717, 1.165) is 31.1 Å². The van der Waals surface area contributed by atoms with Gasteiger partial charge in [0, 0.05) is 38.1 Å². The average Bonchev–Trinajstić information content (AvgIpc) is 3.05. The summed E-state index contributed by atoms with van der Waals surface area (Å²) in [5.74, 6) is 1.32. The van der Waals surface area contributed by atoms with E-state index in [2.05, 4.69) is 5.32 Å². The monoisotopic (exact) mass is 351 g/mol. The zero-order valence-corrected chi connectivity index (χ0v) is 15.3. The Morgan fingerprint density at radius 3 is 2.71 bits per heavy atom. The van der Waals surface area contributed by atoms with Gasteiger partial charge in [-0.1, -0.05) is 17.7 Å². The minimum Gasteiger partial charge on any atom is -0.381 e. The minimum atomic E-state index is -0.283. The van der Waals surface area contributed by atoms with Gasteiger partial charge in [0.25, 0.3) is 5.70 Å². The summed E-state index contributed by atoms with van der Waals surface area (Å²) in [6.45, 7) is 4.29. The van der Waals surface area contributed by atoms with E-state index in [1.807, 2.05) is 43.1 Å². The van der Waals surface area contributed by atoms with Gasteiger partial charge >= 0.3 is 0 Å². The van der Waals surface area contributed by atoms with Crippen LogP contribution in [0.3, 0.4) is 0 Å². The summed E-state index contributed by atoms with van der Waals surface area (Å²) < 4.78 is 5.39. The van der Waals surface area contributed by atoms with Crippen LogP contribution < -0.4 is 5.32 Å². The molecule has 7 heteroatoms. The third-order valence-electron chi connectivity index (χ3n) is 4.06. The van der Waals surface area contributed by atoms with E-state index in [4.69, 9.17) is 4.74 Å². The van der Waals surface area contributed by atoms with Gasteiger partial charge in [-0.3, -0.25) is 10.1 Å². The summed E-state index contributed by atoms with van der Waals surface area (Å²) in [5.41, 5.74) is 1.38. The quantitative estimate of drug-likeness (QED) is 0.441. The number of benzene rings is 1. The van der Waals surface area contributed by atoms with Gasteiger partial charge in [-0.25, -0.2) is 0 Å². The Morgan fingerprint density at radius 1 is 1.46 bits per heavy atom. The van der Waals surface area contributed by atoms with Crippen molar-refractivity contribution in [1.29, 1.82) is 0 Å². The number of thioether (sulfide) groups is 1. The van der Waals surface area contributed by atoms with Crippen LogP contribution in [0.15, 0.2) is 40.7 Å². The largest absolute Gasteiger partial charge is 0.381 e. The van der Waals surface area contributed by atoms with E-state index < -0.39 is 0 Å². The van der Waals surface area contributed by atoms with Crippen LogP contribution in [-0.2, 0) is 4.74 Å². The molecule has 1 aliphatic heterocycles. The van der Waals surface area contributed by atoms with Crippen molar-refractivity contribution in [3.63, 3.8) is 0 Å². The topological polar surface area (TPSA) is 67.6 Å². The third-order valence-corrected chi connectivity index (χ3v) is 5.09. The first-order chi connectivity index (χ1) is 11.5. The standard InChI is InChI=1S/C17H25N3O3S/c1-13-4-6-15(7-5-13)24-12-16(20(21)22)17(18-2)19(3)10-14-8-9-23-11-14/h4-7,14,18H,8-12H2,1-3H3. The molecular formula is C17H25N3O3S. The lowest BCUT2D eigenvalue weighted by Crippen LogP contribution is -2.34. The number of nitrogens with zero attached hydrogens (tertiary/aromatic N) is 2. The number of nitrogens with one attached hydrogen (secondary N) is 1. The molecular weight excluding hydrogens is 326 g/mol. The molecule has 0 bridgehead atoms. The molecule has 6 nitrogen and oxygen atoms in total. The fourth-order valence-corrected chi connectivity index (χ4v) is 3.63. The molecule has 0 saturated carbocycles. The van der Waals surface area contributed by atoms with Gasteiger partial charge < -0.3 is 15.0 Å². The number of rotatable bonds is 8. The fraction of sp³-hybridized carbons (Fsp3) is 0.529. The molecule has 1 saturated heterocycles. The Labute approximate surface area is 147 Å². The Hall–Kier alpha value is -1.73. The van der Waals surface area contributed by atoms with Gasteiger partial charge in [0.2, 0.25) is 0 Å². The van der Waals surface area contributed by atoms with Crippen LogP contribution in [0.4, 0.5) is 0 Å². The van der Waals surface area contributed by atoms with Gasteiger partial charge in [0.15, 0.2) is 5.82 Å². The first kappa shape index (κ1) is 18.6. The zero-order valence-electron chi connectivity index (χ0n) is 14.4. The summed E-state index contributed by atoms with van der Waals surface area (Å²) >= 11 is 1.48. The minimum absolute atomic E-state index is 0.199. The lowest BCUT2D eigenvalue weighted by molar-refractivity contribution is -0.426. The van der Waals surface area contributed by atoms with E-state index in [1.54, 1.807) is 7.05 Å². The molecule has 1 N–H and O–H groups in total. The molecule has 1 aliphatic rings. The lowest BCUT2D eigenvalue weighted by atomic mass is 10.1. The number of hydrogen-bond donors (Lipinski definition) is 1. The molecule has 1 fully saturated rings. The van der Waals surface area contributed by atoms with E-state index in [-0.39, 0.29) is 10.6 Å². The predicted molar refractivity (Wildman–Crippen MR) is 96.5 cm³/mol. The molecule has 1 aromatic carbocycles. The summed E-state index contributed by atoms with van der Waals surface area (Å²) in [4.78, 5) is 14.2. The average molecular weight is 351 g/mol. The van der Waals surface area contributed by atoms with Gasteiger partial charge in [0.1, 0.15) is 0 Å². The molecule has 0 spiro atoms. The second-order valence-corrected chi connectivity index (χ2v) is 7.06. The van der Waals surface area contributed by atoms with Crippen molar-refractivity contribution < 1.29 is 9.66 Å². The maximum absolute atomic E-state index is 11.6. The van der Waals surface area contributed by atoms with E-state index in [1.165, 1.54) is 17.3 Å². The normalized spacial score (nSPS) is 18.2. The molecule has 0 aromatic heterocycles. The molecule has 24 heavy (non-hydrogen) atoms. The Kier molecular flexibility index (Phi) is 6.93. The van der Waals surface area contributed by atoms with E-state index in [0.29, 0.717) is 17.5 Å². The Bertz CT molecular complexity index is 583. The zero-order chi connectivity index (χ0) is 17.5. The van der Waals surface area contributed by atoms with Gasteiger partial charge in [-0.05, 0) is 25.5 Å². The maximum Gasteiger partial charge on any atom is 0.296 e.